The van der Waals surface area contributed by atoms with Crippen molar-refractivity contribution in [1.29, 1.82) is 0 Å². The Balaban J connectivity index is 1.43. The number of thiazole rings is 1. The van der Waals surface area contributed by atoms with E-state index in [1.165, 1.54) is 0 Å². The third kappa shape index (κ3) is 4.15. The Kier molecular flexibility index (Phi) is 5.13. The number of carbonyl (C=O) groups excluding carboxylic acids is 1. The fourth-order valence-electron chi connectivity index (χ4n) is 2.71. The molecule has 27 heavy (non-hydrogen) atoms. The van der Waals surface area contributed by atoms with Crippen molar-refractivity contribution < 1.29 is 4.79 Å². The largest absolute Gasteiger partial charge is 0.350 e. The zero-order chi connectivity index (χ0) is 18.6. The summed E-state index contributed by atoms with van der Waals surface area (Å²) in [6, 6.07) is 14.0. The molecule has 0 saturated carbocycles. The average molecular weight is 395 g/mol. The molecule has 0 bridgehead atoms. The number of nitrogens with zero attached hydrogens (tertiary/aromatic N) is 3. The van der Waals surface area contributed by atoms with Gasteiger partial charge >= 0.3 is 0 Å². The van der Waals surface area contributed by atoms with Gasteiger partial charge in [-0.25, -0.2) is 9.97 Å². The lowest BCUT2D eigenvalue weighted by atomic mass is 10.2. The smallest absolute Gasteiger partial charge is 0.240 e. The highest BCUT2D eigenvalue weighted by Gasteiger charge is 2.13. The lowest BCUT2D eigenvalue weighted by Crippen LogP contribution is -2.27. The topological polar surface area (TPSA) is 59.8 Å². The Labute approximate surface area is 165 Å². The number of aromatic nitrogens is 3. The Morgan fingerprint density at radius 1 is 1.07 bits per heavy atom. The van der Waals surface area contributed by atoms with Gasteiger partial charge in [0.2, 0.25) is 5.91 Å². The molecular formula is C20H18N4OS2. The van der Waals surface area contributed by atoms with E-state index in [4.69, 9.17) is 0 Å². The highest BCUT2D eigenvalue weighted by Crippen LogP contribution is 2.30. The van der Waals surface area contributed by atoms with Gasteiger partial charge in [0.15, 0.2) is 0 Å². The van der Waals surface area contributed by atoms with Gasteiger partial charge in [0.1, 0.15) is 23.1 Å². The molecule has 0 fully saturated rings. The van der Waals surface area contributed by atoms with Gasteiger partial charge in [-0.15, -0.1) is 22.7 Å². The number of hydrogen-bond donors (Lipinski definition) is 1. The van der Waals surface area contributed by atoms with E-state index < -0.39 is 0 Å². The molecule has 5 nitrogen and oxygen atoms in total. The normalized spacial score (nSPS) is 10.9. The highest BCUT2D eigenvalue weighted by molar-refractivity contribution is 7.15. The minimum Gasteiger partial charge on any atom is -0.350 e. The van der Waals surface area contributed by atoms with Crippen LogP contribution in [0.25, 0.3) is 21.3 Å². The van der Waals surface area contributed by atoms with E-state index in [-0.39, 0.29) is 12.5 Å². The summed E-state index contributed by atoms with van der Waals surface area (Å²) in [4.78, 5) is 22.7. The minimum atomic E-state index is -0.0377. The second kappa shape index (κ2) is 7.85. The van der Waals surface area contributed by atoms with Crippen LogP contribution < -0.4 is 5.32 Å². The molecule has 4 aromatic rings. The predicted octanol–water partition coefficient (Wildman–Crippen LogP) is 4.36. The van der Waals surface area contributed by atoms with Crippen molar-refractivity contribution in [3.05, 3.63) is 70.8 Å². The Morgan fingerprint density at radius 2 is 1.93 bits per heavy atom. The molecule has 3 aromatic heterocycles. The Hall–Kier alpha value is -2.77. The van der Waals surface area contributed by atoms with Gasteiger partial charge in [0.25, 0.3) is 0 Å². The Bertz CT molecular complexity index is 1040. The molecule has 1 N–H and O–H groups in total. The lowest BCUT2D eigenvalue weighted by molar-refractivity contribution is -0.121. The number of carbonyl (C=O) groups is 1. The Morgan fingerprint density at radius 3 is 2.70 bits per heavy atom. The zero-order valence-electron chi connectivity index (χ0n) is 14.8. The molecule has 0 saturated heterocycles. The van der Waals surface area contributed by atoms with Gasteiger partial charge in [-0.2, -0.15) is 0 Å². The maximum absolute atomic E-state index is 12.3. The summed E-state index contributed by atoms with van der Waals surface area (Å²) in [6.45, 7) is 2.67. The van der Waals surface area contributed by atoms with Crippen LogP contribution in [0, 0.1) is 6.92 Å². The van der Waals surface area contributed by atoms with E-state index >= 15 is 0 Å². The molecule has 0 radical (unpaired) electrons. The summed E-state index contributed by atoms with van der Waals surface area (Å²) in [5.41, 5.74) is 2.85. The summed E-state index contributed by atoms with van der Waals surface area (Å²) in [7, 11) is 0. The number of hydrogen-bond acceptors (Lipinski definition) is 5. The number of aryl methyl sites for hydroxylation is 1. The van der Waals surface area contributed by atoms with E-state index in [1.54, 1.807) is 22.7 Å². The van der Waals surface area contributed by atoms with Crippen molar-refractivity contribution in [1.82, 2.24) is 19.9 Å². The second-order valence-electron chi connectivity index (χ2n) is 6.08. The molecule has 136 valence electrons. The van der Waals surface area contributed by atoms with E-state index in [9.17, 15) is 4.79 Å². The SMILES string of the molecule is Cc1nc(-c2nc(-c3cccs3)cs2)cn1CC(=O)NCc1ccccc1. The molecule has 0 aliphatic heterocycles. The predicted molar refractivity (Wildman–Crippen MR) is 110 cm³/mol. The van der Waals surface area contributed by atoms with Gasteiger partial charge in [0.05, 0.1) is 10.6 Å². The summed E-state index contributed by atoms with van der Waals surface area (Å²) in [5.74, 6) is 0.761. The van der Waals surface area contributed by atoms with E-state index in [1.807, 2.05) is 64.8 Å². The van der Waals surface area contributed by atoms with Crippen LogP contribution in [-0.4, -0.2) is 20.4 Å². The van der Waals surface area contributed by atoms with Gasteiger partial charge in [-0.05, 0) is 23.9 Å². The number of rotatable bonds is 6. The van der Waals surface area contributed by atoms with Crippen LogP contribution in [0.5, 0.6) is 0 Å². The molecule has 1 aromatic carbocycles. The van der Waals surface area contributed by atoms with Crippen LogP contribution >= 0.6 is 22.7 Å². The quantitative estimate of drug-likeness (QED) is 0.529. The van der Waals surface area contributed by atoms with Crippen LogP contribution in [-0.2, 0) is 17.9 Å². The lowest BCUT2D eigenvalue weighted by Gasteiger charge is -2.07. The van der Waals surface area contributed by atoms with Crippen molar-refractivity contribution in [2.45, 2.75) is 20.0 Å². The van der Waals surface area contributed by atoms with Gasteiger partial charge in [-0.3, -0.25) is 4.79 Å². The third-order valence-corrected chi connectivity index (χ3v) is 5.88. The highest BCUT2D eigenvalue weighted by atomic mass is 32.1. The molecule has 4 rings (SSSR count). The molecule has 0 aliphatic carbocycles. The molecule has 0 aliphatic rings. The first-order valence-electron chi connectivity index (χ1n) is 8.53. The molecular weight excluding hydrogens is 376 g/mol. The number of thiophene rings is 1. The summed E-state index contributed by atoms with van der Waals surface area (Å²) < 4.78 is 1.86. The molecule has 7 heteroatoms. The van der Waals surface area contributed by atoms with Gasteiger partial charge in [0, 0.05) is 18.1 Å². The standard InChI is InChI=1S/C20H18N4OS2/c1-14-22-16(20-23-17(13-27-20)18-8-5-9-26-18)11-24(14)12-19(25)21-10-15-6-3-2-4-7-15/h2-9,11,13H,10,12H2,1H3,(H,21,25). The maximum Gasteiger partial charge on any atom is 0.240 e. The summed E-state index contributed by atoms with van der Waals surface area (Å²) in [5, 5.41) is 7.90. The van der Waals surface area contributed by atoms with Crippen LogP contribution in [0.3, 0.4) is 0 Å². The number of benzene rings is 1. The van der Waals surface area contributed by atoms with E-state index in [2.05, 4.69) is 21.4 Å². The maximum atomic E-state index is 12.3. The summed E-state index contributed by atoms with van der Waals surface area (Å²) in [6.07, 6.45) is 1.90. The van der Waals surface area contributed by atoms with Gasteiger partial charge in [-0.1, -0.05) is 36.4 Å². The van der Waals surface area contributed by atoms with Crippen molar-refractivity contribution >= 4 is 28.6 Å². The van der Waals surface area contributed by atoms with E-state index in [0.717, 1.165) is 32.7 Å². The van der Waals surface area contributed by atoms with Crippen LogP contribution in [0.4, 0.5) is 0 Å². The summed E-state index contributed by atoms with van der Waals surface area (Å²) >= 11 is 3.24. The zero-order valence-corrected chi connectivity index (χ0v) is 16.4. The fraction of sp³-hybridized carbons (Fsp3) is 0.150. The molecule has 0 atom stereocenters. The van der Waals surface area contributed by atoms with Crippen molar-refractivity contribution in [3.63, 3.8) is 0 Å². The number of nitrogens with one attached hydrogen (secondary N) is 1. The second-order valence-corrected chi connectivity index (χ2v) is 7.88. The first-order chi connectivity index (χ1) is 13.2. The van der Waals surface area contributed by atoms with Crippen LogP contribution in [0.2, 0.25) is 0 Å². The fourth-order valence-corrected chi connectivity index (χ4v) is 4.24. The molecule has 1 amide bonds. The first kappa shape index (κ1) is 17.6. The molecule has 0 spiro atoms. The van der Waals surface area contributed by atoms with Crippen molar-refractivity contribution in [3.8, 4) is 21.3 Å². The van der Waals surface area contributed by atoms with Crippen LogP contribution in [0.15, 0.2) is 59.4 Å². The van der Waals surface area contributed by atoms with Crippen LogP contribution in [0.1, 0.15) is 11.4 Å². The minimum absolute atomic E-state index is 0.0377. The van der Waals surface area contributed by atoms with E-state index in [0.29, 0.717) is 6.54 Å². The average Bonchev–Trinajstić information content (AvgIpc) is 3.42. The van der Waals surface area contributed by atoms with Crippen molar-refractivity contribution in [2.75, 3.05) is 0 Å². The molecule has 3 heterocycles. The van der Waals surface area contributed by atoms with Crippen molar-refractivity contribution in [2.24, 2.45) is 0 Å². The molecule has 0 unspecified atom stereocenters. The third-order valence-electron chi connectivity index (χ3n) is 4.12. The number of amides is 1. The number of imidazole rings is 1. The first-order valence-corrected chi connectivity index (χ1v) is 10.3. The monoisotopic (exact) mass is 394 g/mol. The van der Waals surface area contributed by atoms with Gasteiger partial charge < -0.3 is 9.88 Å².